The molecule has 0 heterocycles. The molecular formula is C31H46ClN3O2U. The van der Waals surface area contributed by atoms with Gasteiger partial charge in [-0.3, -0.25) is 9.59 Å². The number of likely N-dealkylation sites (N-methyl/N-ethyl adjacent to an activating group) is 1. The smallest absolute Gasteiger partial charge is 0.384 e. The minimum Gasteiger partial charge on any atom is -0.384 e. The van der Waals surface area contributed by atoms with E-state index in [2.05, 4.69) is 48.4 Å². The average Bonchev–Trinajstić information content (AvgIpc) is 2.84. The van der Waals surface area contributed by atoms with Crippen LogP contribution in [0, 0.1) is 63.4 Å². The van der Waals surface area contributed by atoms with E-state index in [4.69, 9.17) is 11.6 Å². The standard InChI is InChI=1S/C15H19ClNO.C15H24N2O.CH3.U/c1-2-11-6-8-12(9-7-11)15(18)17-14-5-3-4-13(16)10-14;1-6-14-11(2)9-13(10-15(14)12(3)18)16-7-8-17(4)5;;/h3,5,10-12H,2,6-9H2,1H3,(H,17,18);9-10,16H,6-8H2,1-5H3;1H3;/q-1;;-1;+2. The van der Waals surface area contributed by atoms with Crippen molar-refractivity contribution >= 4 is 34.7 Å². The molecule has 2 N–H and O–H groups in total. The van der Waals surface area contributed by atoms with Crippen molar-refractivity contribution in [2.45, 2.75) is 66.2 Å². The van der Waals surface area contributed by atoms with Crippen molar-refractivity contribution in [2.75, 3.05) is 37.8 Å². The number of hydrogen-bond acceptors (Lipinski definition) is 4. The summed E-state index contributed by atoms with van der Waals surface area (Å²) in [5, 5.41) is 6.84. The topological polar surface area (TPSA) is 61.4 Å². The van der Waals surface area contributed by atoms with E-state index in [0.29, 0.717) is 5.02 Å². The van der Waals surface area contributed by atoms with Gasteiger partial charge in [-0.05, 0) is 89.2 Å². The third kappa shape index (κ3) is 12.2. The Morgan fingerprint density at radius 2 is 1.74 bits per heavy atom. The van der Waals surface area contributed by atoms with Crippen LogP contribution >= 0.6 is 11.6 Å². The molecule has 2 aromatic rings. The number of halogens is 1. The molecule has 0 radical (unpaired) electrons. The Hall–Kier alpha value is -1.32. The van der Waals surface area contributed by atoms with Gasteiger partial charge in [0.15, 0.2) is 5.78 Å². The first-order valence-electron chi connectivity index (χ1n) is 13.2. The second-order valence-electron chi connectivity index (χ2n) is 10.00. The number of nitrogens with zero attached hydrogens (tertiary/aromatic N) is 1. The molecule has 0 spiro atoms. The zero-order valence-corrected chi connectivity index (χ0v) is 29.3. The van der Waals surface area contributed by atoms with E-state index < -0.39 is 0 Å². The molecule has 0 saturated heterocycles. The summed E-state index contributed by atoms with van der Waals surface area (Å²) in [6.07, 6.45) is 6.51. The summed E-state index contributed by atoms with van der Waals surface area (Å²) in [5.41, 5.74) is 5.01. The molecule has 5 nitrogen and oxygen atoms in total. The Kier molecular flexibility index (Phi) is 18.2. The van der Waals surface area contributed by atoms with Crippen molar-refractivity contribution in [3.8, 4) is 0 Å². The summed E-state index contributed by atoms with van der Waals surface area (Å²) in [6.45, 7) is 9.89. The minimum absolute atomic E-state index is 0. The van der Waals surface area contributed by atoms with Crippen LogP contribution in [0.15, 0.2) is 30.3 Å². The SMILES string of the molecule is CCC1CCC(C(=O)Nc2cc[c-]c(Cl)c2)CC1.CCc1c(C)cc(NCCN(C)C)cc1C(C)=O.[CH3-].[U+2]. The minimum atomic E-state index is 0. The summed E-state index contributed by atoms with van der Waals surface area (Å²) in [7, 11) is 4.10. The van der Waals surface area contributed by atoms with Gasteiger partial charge in [-0.1, -0.05) is 31.0 Å². The molecule has 1 aliphatic rings. The monoisotopic (exact) mass is 765 g/mol. The molecule has 1 fully saturated rings. The predicted molar refractivity (Wildman–Crippen MR) is 159 cm³/mol. The van der Waals surface area contributed by atoms with E-state index in [0.717, 1.165) is 55.2 Å². The molecule has 1 aliphatic carbocycles. The van der Waals surface area contributed by atoms with Crippen molar-refractivity contribution in [3.63, 3.8) is 0 Å². The van der Waals surface area contributed by atoms with Crippen LogP contribution in [0.1, 0.15) is 74.4 Å². The maximum Gasteiger partial charge on any atom is 2.00 e. The van der Waals surface area contributed by atoms with E-state index in [-0.39, 0.29) is 56.1 Å². The third-order valence-electron chi connectivity index (χ3n) is 6.92. The number of amides is 1. The average molecular weight is 766 g/mol. The Bertz CT molecular complexity index is 1000. The zero-order valence-electron chi connectivity index (χ0n) is 24.3. The van der Waals surface area contributed by atoms with Crippen LogP contribution in [0.2, 0.25) is 5.02 Å². The number of ketones is 1. The normalized spacial score (nSPS) is 16.3. The first-order valence-corrected chi connectivity index (χ1v) is 13.5. The quantitative estimate of drug-likeness (QED) is 0.206. The Morgan fingerprint density at radius 3 is 2.26 bits per heavy atom. The number of hydrogen-bond donors (Lipinski definition) is 2. The fourth-order valence-electron chi connectivity index (χ4n) is 4.72. The Balaban J connectivity index is 0.000000684. The molecule has 0 unspecified atom stereocenters. The molecule has 7 heteroatoms. The molecule has 0 aromatic heterocycles. The fourth-order valence-corrected chi connectivity index (χ4v) is 4.90. The number of benzene rings is 2. The molecule has 0 aliphatic heterocycles. The van der Waals surface area contributed by atoms with Gasteiger partial charge in [0.1, 0.15) is 0 Å². The van der Waals surface area contributed by atoms with Crippen molar-refractivity contribution in [3.05, 3.63) is 65.5 Å². The van der Waals surface area contributed by atoms with Gasteiger partial charge in [0.05, 0.1) is 0 Å². The molecule has 0 atom stereocenters. The van der Waals surface area contributed by atoms with Crippen LogP contribution in [-0.2, 0) is 11.2 Å². The number of Topliss-reactive ketones (excluding diaryl/α,β-unsaturated/α-hetero) is 1. The van der Waals surface area contributed by atoms with Crippen molar-refractivity contribution in [1.29, 1.82) is 0 Å². The number of carbonyl (C=O) groups is 2. The van der Waals surface area contributed by atoms with E-state index in [9.17, 15) is 9.59 Å². The van der Waals surface area contributed by atoms with Gasteiger partial charge < -0.3 is 23.0 Å². The fraction of sp³-hybridized carbons (Fsp3) is 0.516. The van der Waals surface area contributed by atoms with Gasteiger partial charge in [0, 0.05) is 30.3 Å². The molecule has 208 valence electrons. The van der Waals surface area contributed by atoms with Gasteiger partial charge >= 0.3 is 31.1 Å². The van der Waals surface area contributed by atoms with E-state index in [1.165, 1.54) is 30.4 Å². The molecule has 2 aromatic carbocycles. The molecule has 3 rings (SSSR count). The van der Waals surface area contributed by atoms with Crippen LogP contribution in [-0.4, -0.2) is 43.8 Å². The van der Waals surface area contributed by atoms with Gasteiger partial charge in [-0.2, -0.15) is 12.1 Å². The first-order chi connectivity index (χ1) is 17.1. The van der Waals surface area contributed by atoms with E-state index in [1.807, 2.05) is 26.2 Å². The summed E-state index contributed by atoms with van der Waals surface area (Å²) >= 11 is 5.85. The number of nitrogens with one attached hydrogen (secondary N) is 2. The summed E-state index contributed by atoms with van der Waals surface area (Å²) in [4.78, 5) is 25.9. The molecular weight excluding hydrogens is 720 g/mol. The second kappa shape index (κ2) is 18.9. The Labute approximate surface area is 260 Å². The summed E-state index contributed by atoms with van der Waals surface area (Å²) in [6, 6.07) is 12.2. The van der Waals surface area contributed by atoms with Gasteiger partial charge in [-0.15, -0.1) is 23.7 Å². The van der Waals surface area contributed by atoms with Crippen molar-refractivity contribution in [1.82, 2.24) is 4.90 Å². The largest absolute Gasteiger partial charge is 2.00 e. The maximum atomic E-state index is 12.1. The van der Waals surface area contributed by atoms with Gasteiger partial charge in [0.2, 0.25) is 5.91 Å². The van der Waals surface area contributed by atoms with Gasteiger partial charge in [0.25, 0.3) is 0 Å². The van der Waals surface area contributed by atoms with E-state index >= 15 is 0 Å². The first kappa shape index (κ1) is 36.7. The van der Waals surface area contributed by atoms with Crippen molar-refractivity contribution < 1.29 is 40.7 Å². The zero-order chi connectivity index (χ0) is 26.7. The maximum absolute atomic E-state index is 12.1. The Morgan fingerprint density at radius 1 is 1.08 bits per heavy atom. The number of rotatable bonds is 9. The second-order valence-corrected chi connectivity index (χ2v) is 10.4. The predicted octanol–water partition coefficient (Wildman–Crippen LogP) is 7.48. The third-order valence-corrected chi connectivity index (χ3v) is 7.14. The molecule has 38 heavy (non-hydrogen) atoms. The number of aryl methyl sites for hydroxylation is 1. The number of carbonyl (C=O) groups excluding carboxylic acids is 2. The van der Waals surface area contributed by atoms with Crippen molar-refractivity contribution in [2.24, 2.45) is 11.8 Å². The molecule has 1 amide bonds. The van der Waals surface area contributed by atoms with Crippen LogP contribution in [0.4, 0.5) is 11.4 Å². The summed E-state index contributed by atoms with van der Waals surface area (Å²) in [5.74, 6) is 1.25. The summed E-state index contributed by atoms with van der Waals surface area (Å²) < 4.78 is 0. The molecule has 0 bridgehead atoms. The van der Waals surface area contributed by atoms with Crippen LogP contribution in [0.25, 0.3) is 0 Å². The van der Waals surface area contributed by atoms with Crippen LogP contribution in [0.5, 0.6) is 0 Å². The van der Waals surface area contributed by atoms with Crippen LogP contribution in [0.3, 0.4) is 0 Å². The van der Waals surface area contributed by atoms with Crippen LogP contribution < -0.4 is 10.6 Å². The van der Waals surface area contributed by atoms with E-state index in [1.54, 1.807) is 19.1 Å². The number of anilines is 2. The van der Waals surface area contributed by atoms with Gasteiger partial charge in [-0.25, -0.2) is 0 Å². The molecule has 1 saturated carbocycles.